The highest BCUT2D eigenvalue weighted by Gasteiger charge is 1.79. The Morgan fingerprint density at radius 3 is 2.75 bits per heavy atom. The number of ether oxygens (including phenoxy) is 1. The average molecular weight is 113 g/mol. The van der Waals surface area contributed by atoms with Crippen molar-refractivity contribution >= 4 is 0 Å². The van der Waals surface area contributed by atoms with Crippen LogP contribution in [0.3, 0.4) is 0 Å². The summed E-state index contributed by atoms with van der Waals surface area (Å²) in [5.74, 6) is 0. The zero-order valence-electron chi connectivity index (χ0n) is 5.61. The summed E-state index contributed by atoms with van der Waals surface area (Å²) in [6, 6.07) is 0. The van der Waals surface area contributed by atoms with Crippen LogP contribution in [0.4, 0.5) is 0 Å². The standard InChI is InChI=1S/C7H13O/c1-4-7(3)6-8-5-2/h6H,2,4-5H2,1,3H3/b7-6+. The van der Waals surface area contributed by atoms with E-state index in [9.17, 15) is 0 Å². The Labute approximate surface area is 51.4 Å². The van der Waals surface area contributed by atoms with Gasteiger partial charge < -0.3 is 4.74 Å². The van der Waals surface area contributed by atoms with Crippen LogP contribution >= 0.6 is 0 Å². The van der Waals surface area contributed by atoms with E-state index in [4.69, 9.17) is 4.74 Å². The lowest BCUT2D eigenvalue weighted by Gasteiger charge is -1.95. The number of hydrogen-bond acceptors (Lipinski definition) is 1. The van der Waals surface area contributed by atoms with Crippen LogP contribution in [0, 0.1) is 6.92 Å². The third-order valence-corrected chi connectivity index (χ3v) is 0.960. The maximum atomic E-state index is 4.91. The maximum Gasteiger partial charge on any atom is 0.0874 e. The van der Waals surface area contributed by atoms with Crippen molar-refractivity contribution < 1.29 is 4.74 Å². The molecule has 0 amide bonds. The lowest BCUT2D eigenvalue weighted by molar-refractivity contribution is 0.284. The van der Waals surface area contributed by atoms with Gasteiger partial charge in [-0.05, 0) is 25.8 Å². The van der Waals surface area contributed by atoms with E-state index in [0.29, 0.717) is 6.61 Å². The summed E-state index contributed by atoms with van der Waals surface area (Å²) in [4.78, 5) is 0. The van der Waals surface area contributed by atoms with Gasteiger partial charge in [0, 0.05) is 0 Å². The molecule has 0 rings (SSSR count). The van der Waals surface area contributed by atoms with Gasteiger partial charge in [-0.3, -0.25) is 0 Å². The van der Waals surface area contributed by atoms with E-state index in [-0.39, 0.29) is 0 Å². The Hall–Kier alpha value is -0.460. The third-order valence-electron chi connectivity index (χ3n) is 0.960. The molecule has 0 aliphatic rings. The molecule has 0 atom stereocenters. The van der Waals surface area contributed by atoms with E-state index in [1.54, 1.807) is 6.26 Å². The van der Waals surface area contributed by atoms with Gasteiger partial charge in [-0.25, -0.2) is 0 Å². The first-order valence-corrected chi connectivity index (χ1v) is 2.87. The van der Waals surface area contributed by atoms with Crippen LogP contribution in [0.25, 0.3) is 0 Å². The van der Waals surface area contributed by atoms with Gasteiger partial charge >= 0.3 is 0 Å². The molecule has 8 heavy (non-hydrogen) atoms. The van der Waals surface area contributed by atoms with Crippen molar-refractivity contribution in [1.29, 1.82) is 0 Å². The van der Waals surface area contributed by atoms with Gasteiger partial charge in [-0.1, -0.05) is 6.92 Å². The van der Waals surface area contributed by atoms with E-state index in [1.807, 2.05) is 6.92 Å². The molecular formula is C7H13O. The molecular weight excluding hydrogens is 100 g/mol. The molecule has 0 aromatic rings. The second-order valence-electron chi connectivity index (χ2n) is 1.69. The number of allylic oxidation sites excluding steroid dienone is 1. The van der Waals surface area contributed by atoms with Crippen LogP contribution in [-0.2, 0) is 4.74 Å². The summed E-state index contributed by atoms with van der Waals surface area (Å²) in [6.07, 6.45) is 2.81. The van der Waals surface area contributed by atoms with E-state index in [1.165, 1.54) is 5.57 Å². The molecule has 0 unspecified atom stereocenters. The fraction of sp³-hybridized carbons (Fsp3) is 0.571. The summed E-state index contributed by atoms with van der Waals surface area (Å²) in [6.45, 7) is 8.18. The van der Waals surface area contributed by atoms with Gasteiger partial charge in [0.2, 0.25) is 0 Å². The molecule has 0 aromatic heterocycles. The van der Waals surface area contributed by atoms with Crippen LogP contribution in [0.1, 0.15) is 20.3 Å². The highest BCUT2D eigenvalue weighted by Crippen LogP contribution is 1.96. The van der Waals surface area contributed by atoms with E-state index in [2.05, 4.69) is 13.8 Å². The molecule has 47 valence electrons. The predicted octanol–water partition coefficient (Wildman–Crippen LogP) is 2.15. The van der Waals surface area contributed by atoms with Crippen LogP contribution < -0.4 is 0 Å². The molecule has 0 fully saturated rings. The predicted molar refractivity (Wildman–Crippen MR) is 35.4 cm³/mol. The van der Waals surface area contributed by atoms with Crippen LogP contribution in [0.2, 0.25) is 0 Å². The summed E-state index contributed by atoms with van der Waals surface area (Å²) < 4.78 is 4.91. The molecule has 0 aliphatic carbocycles. The van der Waals surface area contributed by atoms with Gasteiger partial charge in [0.1, 0.15) is 0 Å². The SMILES string of the molecule is [CH2]CO/C=C(\C)CC. The Bertz CT molecular complexity index is 74.5. The quantitative estimate of drug-likeness (QED) is 0.509. The minimum atomic E-state index is 0.525. The second-order valence-corrected chi connectivity index (χ2v) is 1.69. The Balaban J connectivity index is 3.26. The summed E-state index contributed by atoms with van der Waals surface area (Å²) in [5.41, 5.74) is 1.26. The van der Waals surface area contributed by atoms with Gasteiger partial charge in [0.05, 0.1) is 12.9 Å². The minimum Gasteiger partial charge on any atom is -0.501 e. The number of rotatable bonds is 3. The topological polar surface area (TPSA) is 9.23 Å². The van der Waals surface area contributed by atoms with Crippen molar-refractivity contribution in [2.24, 2.45) is 0 Å². The van der Waals surface area contributed by atoms with E-state index < -0.39 is 0 Å². The molecule has 0 heterocycles. The average Bonchev–Trinajstić information content (AvgIpc) is 1.83. The molecule has 1 radical (unpaired) electrons. The van der Waals surface area contributed by atoms with Crippen molar-refractivity contribution in [2.45, 2.75) is 20.3 Å². The van der Waals surface area contributed by atoms with Crippen LogP contribution in [0.5, 0.6) is 0 Å². The smallest absolute Gasteiger partial charge is 0.0874 e. The summed E-state index contributed by atoms with van der Waals surface area (Å²) in [7, 11) is 0. The van der Waals surface area contributed by atoms with Crippen molar-refractivity contribution in [1.82, 2.24) is 0 Å². The van der Waals surface area contributed by atoms with Crippen molar-refractivity contribution in [3.8, 4) is 0 Å². The zero-order chi connectivity index (χ0) is 6.41. The van der Waals surface area contributed by atoms with Crippen molar-refractivity contribution in [2.75, 3.05) is 6.61 Å². The number of hydrogen-bond donors (Lipinski definition) is 0. The summed E-state index contributed by atoms with van der Waals surface area (Å²) >= 11 is 0. The molecule has 0 N–H and O–H groups in total. The first-order chi connectivity index (χ1) is 3.81. The molecule has 1 nitrogen and oxygen atoms in total. The summed E-state index contributed by atoms with van der Waals surface area (Å²) in [5, 5.41) is 0. The Morgan fingerprint density at radius 2 is 2.38 bits per heavy atom. The second kappa shape index (κ2) is 4.69. The zero-order valence-corrected chi connectivity index (χ0v) is 5.61. The molecule has 0 saturated carbocycles. The maximum absolute atomic E-state index is 4.91. The largest absolute Gasteiger partial charge is 0.501 e. The third kappa shape index (κ3) is 3.72. The lowest BCUT2D eigenvalue weighted by Crippen LogP contribution is -1.80. The van der Waals surface area contributed by atoms with Crippen molar-refractivity contribution in [3.05, 3.63) is 18.8 Å². The first kappa shape index (κ1) is 7.54. The van der Waals surface area contributed by atoms with Gasteiger partial charge in [-0.15, -0.1) is 0 Å². The lowest BCUT2D eigenvalue weighted by atomic mass is 10.3. The van der Waals surface area contributed by atoms with Gasteiger partial charge in [-0.2, -0.15) is 0 Å². The molecule has 0 spiro atoms. The van der Waals surface area contributed by atoms with Crippen molar-refractivity contribution in [3.63, 3.8) is 0 Å². The van der Waals surface area contributed by atoms with Crippen LogP contribution in [-0.4, -0.2) is 6.61 Å². The molecule has 0 saturated heterocycles. The fourth-order valence-electron chi connectivity index (χ4n) is 0.285. The molecule has 0 bridgehead atoms. The fourth-order valence-corrected chi connectivity index (χ4v) is 0.285. The molecule has 0 aliphatic heterocycles. The van der Waals surface area contributed by atoms with E-state index in [0.717, 1.165) is 6.42 Å². The highest BCUT2D eigenvalue weighted by molar-refractivity contribution is 4.90. The van der Waals surface area contributed by atoms with Gasteiger partial charge in [0.25, 0.3) is 0 Å². The van der Waals surface area contributed by atoms with E-state index >= 15 is 0 Å². The minimum absolute atomic E-state index is 0.525. The Kier molecular flexibility index (Phi) is 4.42. The first-order valence-electron chi connectivity index (χ1n) is 2.87. The molecule has 0 aromatic carbocycles. The molecule has 1 heteroatoms. The Morgan fingerprint density at radius 1 is 1.75 bits per heavy atom. The highest BCUT2D eigenvalue weighted by atomic mass is 16.5. The van der Waals surface area contributed by atoms with Gasteiger partial charge in [0.15, 0.2) is 0 Å². The van der Waals surface area contributed by atoms with Crippen LogP contribution in [0.15, 0.2) is 11.8 Å². The monoisotopic (exact) mass is 113 g/mol. The normalized spacial score (nSPS) is 11.6.